The Morgan fingerprint density at radius 2 is 2.00 bits per heavy atom. The standard InChI is InChI=1S/C13H24O4S/c1-3-9-18(16)10-13(15)7-5-11(6-8-13)12(14)17-4-2/h11,15H,3-10H2,1-2H3. The molecule has 1 unspecified atom stereocenters. The summed E-state index contributed by atoms with van der Waals surface area (Å²) in [4.78, 5) is 11.6. The van der Waals surface area contributed by atoms with Crippen molar-refractivity contribution in [3.05, 3.63) is 0 Å². The summed E-state index contributed by atoms with van der Waals surface area (Å²) in [5.41, 5.74) is -0.844. The van der Waals surface area contributed by atoms with Crippen LogP contribution in [0.4, 0.5) is 0 Å². The van der Waals surface area contributed by atoms with Gasteiger partial charge in [0.25, 0.3) is 0 Å². The Labute approximate surface area is 112 Å². The summed E-state index contributed by atoms with van der Waals surface area (Å²) in [6.07, 6.45) is 3.24. The number of hydrogen-bond acceptors (Lipinski definition) is 4. The molecule has 0 bridgehead atoms. The summed E-state index contributed by atoms with van der Waals surface area (Å²) in [7, 11) is -0.948. The van der Waals surface area contributed by atoms with Gasteiger partial charge in [0.1, 0.15) is 0 Å². The van der Waals surface area contributed by atoms with Crippen LogP contribution in [0.2, 0.25) is 0 Å². The Bertz CT molecular complexity index is 295. The van der Waals surface area contributed by atoms with Crippen molar-refractivity contribution in [2.45, 2.75) is 51.6 Å². The largest absolute Gasteiger partial charge is 0.466 e. The van der Waals surface area contributed by atoms with E-state index in [1.54, 1.807) is 6.92 Å². The maximum Gasteiger partial charge on any atom is 0.308 e. The molecule has 1 aliphatic rings. The number of esters is 1. The Morgan fingerprint density at radius 1 is 1.39 bits per heavy atom. The lowest BCUT2D eigenvalue weighted by molar-refractivity contribution is -0.150. The number of carbonyl (C=O) groups excluding carboxylic acids is 1. The van der Waals surface area contributed by atoms with Crippen LogP contribution in [0.25, 0.3) is 0 Å². The van der Waals surface area contributed by atoms with Gasteiger partial charge in [0.05, 0.1) is 23.9 Å². The lowest BCUT2D eigenvalue weighted by Crippen LogP contribution is -2.41. The lowest BCUT2D eigenvalue weighted by Gasteiger charge is -2.34. The molecule has 0 saturated heterocycles. The summed E-state index contributed by atoms with van der Waals surface area (Å²) in [6.45, 7) is 4.19. The molecule has 0 amide bonds. The molecule has 0 aromatic heterocycles. The minimum atomic E-state index is -0.948. The fraction of sp³-hybridized carbons (Fsp3) is 0.923. The molecular weight excluding hydrogens is 252 g/mol. The number of rotatable bonds is 6. The van der Waals surface area contributed by atoms with Crippen molar-refractivity contribution < 1.29 is 18.8 Å². The SMILES string of the molecule is CCCS(=O)CC1(O)CCC(C(=O)OCC)CC1. The quantitative estimate of drug-likeness (QED) is 0.749. The van der Waals surface area contributed by atoms with Crippen LogP contribution in [0, 0.1) is 5.92 Å². The summed E-state index contributed by atoms with van der Waals surface area (Å²) >= 11 is 0. The third kappa shape index (κ3) is 4.69. The lowest BCUT2D eigenvalue weighted by atomic mass is 9.80. The molecule has 0 heterocycles. The monoisotopic (exact) mass is 276 g/mol. The zero-order chi connectivity index (χ0) is 13.6. The summed E-state index contributed by atoms with van der Waals surface area (Å²) in [5.74, 6) is 0.735. The van der Waals surface area contributed by atoms with Crippen LogP contribution in [0.3, 0.4) is 0 Å². The van der Waals surface area contributed by atoms with E-state index < -0.39 is 16.4 Å². The highest BCUT2D eigenvalue weighted by Crippen LogP contribution is 2.33. The molecule has 1 N–H and O–H groups in total. The second-order valence-corrected chi connectivity index (χ2v) is 6.62. The van der Waals surface area contributed by atoms with E-state index >= 15 is 0 Å². The molecule has 5 heteroatoms. The third-order valence-electron chi connectivity index (χ3n) is 3.40. The van der Waals surface area contributed by atoms with Gasteiger partial charge in [-0.2, -0.15) is 0 Å². The van der Waals surface area contributed by atoms with Crippen LogP contribution >= 0.6 is 0 Å². The zero-order valence-electron chi connectivity index (χ0n) is 11.3. The molecule has 106 valence electrons. The second-order valence-electron chi connectivity index (χ2n) is 5.04. The van der Waals surface area contributed by atoms with Crippen LogP contribution < -0.4 is 0 Å². The minimum absolute atomic E-state index is 0.0927. The van der Waals surface area contributed by atoms with Gasteiger partial charge in [-0.1, -0.05) is 6.92 Å². The van der Waals surface area contributed by atoms with E-state index in [0.717, 1.165) is 6.42 Å². The Kier molecular flexibility index (Phi) is 6.29. The number of hydrogen-bond donors (Lipinski definition) is 1. The van der Waals surface area contributed by atoms with Gasteiger partial charge in [-0.25, -0.2) is 0 Å². The van der Waals surface area contributed by atoms with Crippen LogP contribution in [0.5, 0.6) is 0 Å². The maximum absolute atomic E-state index is 11.7. The van der Waals surface area contributed by atoms with Crippen LogP contribution in [-0.4, -0.2) is 39.0 Å². The van der Waals surface area contributed by atoms with Crippen molar-refractivity contribution in [1.82, 2.24) is 0 Å². The Morgan fingerprint density at radius 3 is 2.50 bits per heavy atom. The van der Waals surface area contributed by atoms with E-state index in [4.69, 9.17) is 4.74 Å². The van der Waals surface area contributed by atoms with Gasteiger partial charge in [0.2, 0.25) is 0 Å². The maximum atomic E-state index is 11.7. The molecular formula is C13H24O4S. The molecule has 4 nitrogen and oxygen atoms in total. The molecule has 0 aliphatic heterocycles. The van der Waals surface area contributed by atoms with Gasteiger partial charge in [-0.3, -0.25) is 9.00 Å². The number of ether oxygens (including phenoxy) is 1. The smallest absolute Gasteiger partial charge is 0.308 e. The van der Waals surface area contributed by atoms with E-state index in [0.29, 0.717) is 43.8 Å². The Balaban J connectivity index is 2.41. The summed E-state index contributed by atoms with van der Waals surface area (Å²) in [5, 5.41) is 10.4. The molecule has 0 spiro atoms. The molecule has 0 aromatic rings. The van der Waals surface area contributed by atoms with Gasteiger partial charge in [0.15, 0.2) is 0 Å². The van der Waals surface area contributed by atoms with Gasteiger partial charge in [-0.15, -0.1) is 0 Å². The molecule has 1 atom stereocenters. The van der Waals surface area contributed by atoms with Crippen molar-refractivity contribution in [2.75, 3.05) is 18.1 Å². The highest BCUT2D eigenvalue weighted by molar-refractivity contribution is 7.85. The first-order valence-electron chi connectivity index (χ1n) is 6.74. The van der Waals surface area contributed by atoms with E-state index in [-0.39, 0.29) is 11.9 Å². The zero-order valence-corrected chi connectivity index (χ0v) is 12.1. The van der Waals surface area contributed by atoms with E-state index in [1.807, 2.05) is 6.92 Å². The molecule has 0 aromatic carbocycles. The fourth-order valence-corrected chi connectivity index (χ4v) is 3.88. The molecule has 1 rings (SSSR count). The third-order valence-corrected chi connectivity index (χ3v) is 5.12. The molecule has 1 saturated carbocycles. The minimum Gasteiger partial charge on any atom is -0.466 e. The van der Waals surface area contributed by atoms with E-state index in [9.17, 15) is 14.1 Å². The van der Waals surface area contributed by atoms with Crippen molar-refractivity contribution >= 4 is 16.8 Å². The summed E-state index contributed by atoms with van der Waals surface area (Å²) in [6, 6.07) is 0. The molecule has 1 aliphatic carbocycles. The topological polar surface area (TPSA) is 63.6 Å². The number of aliphatic hydroxyl groups is 1. The van der Waals surface area contributed by atoms with E-state index in [1.165, 1.54) is 0 Å². The van der Waals surface area contributed by atoms with Gasteiger partial charge < -0.3 is 9.84 Å². The van der Waals surface area contributed by atoms with Gasteiger partial charge >= 0.3 is 5.97 Å². The first-order valence-corrected chi connectivity index (χ1v) is 8.23. The molecule has 1 fully saturated rings. The second kappa shape index (κ2) is 7.24. The van der Waals surface area contributed by atoms with E-state index in [2.05, 4.69) is 0 Å². The first-order chi connectivity index (χ1) is 8.50. The predicted molar refractivity (Wildman–Crippen MR) is 71.7 cm³/mol. The average molecular weight is 276 g/mol. The van der Waals surface area contributed by atoms with Crippen molar-refractivity contribution in [1.29, 1.82) is 0 Å². The van der Waals surface area contributed by atoms with Gasteiger partial charge in [-0.05, 0) is 39.0 Å². The molecule has 18 heavy (non-hydrogen) atoms. The van der Waals surface area contributed by atoms with Crippen molar-refractivity contribution in [3.63, 3.8) is 0 Å². The van der Waals surface area contributed by atoms with Crippen LogP contribution in [0.1, 0.15) is 46.0 Å². The van der Waals surface area contributed by atoms with Crippen molar-refractivity contribution in [2.24, 2.45) is 5.92 Å². The highest BCUT2D eigenvalue weighted by Gasteiger charge is 2.37. The summed E-state index contributed by atoms with van der Waals surface area (Å²) < 4.78 is 16.7. The van der Waals surface area contributed by atoms with Crippen molar-refractivity contribution in [3.8, 4) is 0 Å². The number of carbonyl (C=O) groups is 1. The average Bonchev–Trinajstić information content (AvgIpc) is 2.29. The molecule has 0 radical (unpaired) electrons. The highest BCUT2D eigenvalue weighted by atomic mass is 32.2. The van der Waals surface area contributed by atoms with Crippen LogP contribution in [-0.2, 0) is 20.3 Å². The Hall–Kier alpha value is -0.420. The van der Waals surface area contributed by atoms with Crippen LogP contribution in [0.15, 0.2) is 0 Å². The fourth-order valence-electron chi connectivity index (χ4n) is 2.39. The normalized spacial score (nSPS) is 29.8. The first kappa shape index (κ1) is 15.6. The predicted octanol–water partition coefficient (Wildman–Crippen LogP) is 1.63. The van der Waals surface area contributed by atoms with Gasteiger partial charge in [0, 0.05) is 16.6 Å².